The van der Waals surface area contributed by atoms with Crippen LogP contribution in [0.4, 0.5) is 0 Å². The number of rotatable bonds is 1. The summed E-state index contributed by atoms with van der Waals surface area (Å²) in [5.74, 6) is 0. The van der Waals surface area contributed by atoms with Crippen LogP contribution in [-0.2, 0) is 4.79 Å². The van der Waals surface area contributed by atoms with E-state index in [0.717, 1.165) is 0 Å². The minimum Gasteiger partial charge on any atom is -0.211 e. The zero-order chi connectivity index (χ0) is 11.6. The Labute approximate surface area is 95.3 Å². The number of nitrogens with zero attached hydrogens (tertiary/aromatic N) is 1. The first-order valence-corrected chi connectivity index (χ1v) is 4.95. The number of isocyanates is 1. The van der Waals surface area contributed by atoms with E-state index in [4.69, 9.17) is 4.79 Å². The molecule has 2 heteroatoms. The van der Waals surface area contributed by atoms with Crippen molar-refractivity contribution in [2.45, 2.75) is 0 Å². The van der Waals surface area contributed by atoms with Crippen LogP contribution < -0.4 is 0 Å². The summed E-state index contributed by atoms with van der Waals surface area (Å²) in [5.41, 5.74) is 2.55. The van der Waals surface area contributed by atoms with Crippen molar-refractivity contribution in [3.8, 4) is 11.1 Å². The van der Waals surface area contributed by atoms with Crippen molar-refractivity contribution in [2.75, 3.05) is 7.05 Å². The third-order valence-electron chi connectivity index (χ3n) is 1.97. The van der Waals surface area contributed by atoms with Crippen molar-refractivity contribution in [3.63, 3.8) is 0 Å². The van der Waals surface area contributed by atoms with Gasteiger partial charge in [0, 0.05) is 7.05 Å². The molecule has 2 aromatic carbocycles. The Hall–Kier alpha value is -2.18. The number of hydrogen-bond acceptors (Lipinski definition) is 2. The van der Waals surface area contributed by atoms with Crippen LogP contribution >= 0.6 is 0 Å². The highest BCUT2D eigenvalue weighted by Crippen LogP contribution is 2.17. The van der Waals surface area contributed by atoms with Gasteiger partial charge in [0.2, 0.25) is 6.08 Å². The van der Waals surface area contributed by atoms with Crippen LogP contribution in [0, 0.1) is 0 Å². The largest absolute Gasteiger partial charge is 0.234 e. The van der Waals surface area contributed by atoms with Crippen LogP contribution in [0.3, 0.4) is 0 Å². The minimum absolute atomic E-state index is 1.28. The SMILES string of the molecule is CN=C=O.c1ccc(-c2ccccc2)cc1. The number of carbonyl (C=O) groups excluding carboxylic acids is 1. The van der Waals surface area contributed by atoms with Crippen molar-refractivity contribution < 1.29 is 4.79 Å². The van der Waals surface area contributed by atoms with Gasteiger partial charge in [-0.15, -0.1) is 0 Å². The van der Waals surface area contributed by atoms with Gasteiger partial charge in [-0.1, -0.05) is 60.7 Å². The number of hydrogen-bond donors (Lipinski definition) is 0. The summed E-state index contributed by atoms with van der Waals surface area (Å²) < 4.78 is 0. The van der Waals surface area contributed by atoms with Crippen molar-refractivity contribution in [1.82, 2.24) is 0 Å². The Bertz CT molecular complexity index is 407. The highest BCUT2D eigenvalue weighted by molar-refractivity contribution is 5.62. The predicted molar refractivity (Wildman–Crippen MR) is 65.9 cm³/mol. The van der Waals surface area contributed by atoms with Gasteiger partial charge in [0.1, 0.15) is 0 Å². The second-order valence-corrected chi connectivity index (χ2v) is 3.05. The lowest BCUT2D eigenvalue weighted by Crippen LogP contribution is -1.73. The number of benzene rings is 2. The highest BCUT2D eigenvalue weighted by atomic mass is 16.1. The molecule has 0 unspecified atom stereocenters. The third-order valence-corrected chi connectivity index (χ3v) is 1.97. The van der Waals surface area contributed by atoms with E-state index in [9.17, 15) is 0 Å². The summed E-state index contributed by atoms with van der Waals surface area (Å²) in [6.45, 7) is 0. The molecule has 0 spiro atoms. The van der Waals surface area contributed by atoms with E-state index < -0.39 is 0 Å². The molecule has 80 valence electrons. The first kappa shape index (κ1) is 11.9. The van der Waals surface area contributed by atoms with Crippen LogP contribution in [0.15, 0.2) is 65.7 Å². The maximum absolute atomic E-state index is 8.88. The van der Waals surface area contributed by atoms with E-state index in [1.165, 1.54) is 24.3 Å². The predicted octanol–water partition coefficient (Wildman–Crippen LogP) is 3.31. The van der Waals surface area contributed by atoms with Gasteiger partial charge in [0.05, 0.1) is 0 Å². The van der Waals surface area contributed by atoms with Crippen molar-refractivity contribution in [3.05, 3.63) is 60.7 Å². The lowest BCUT2D eigenvalue weighted by molar-refractivity contribution is 0.564. The fourth-order valence-electron chi connectivity index (χ4n) is 1.26. The fraction of sp³-hybridized carbons (Fsp3) is 0.0714. The van der Waals surface area contributed by atoms with Crippen LogP contribution in [0.2, 0.25) is 0 Å². The topological polar surface area (TPSA) is 29.4 Å². The van der Waals surface area contributed by atoms with Gasteiger partial charge < -0.3 is 0 Å². The van der Waals surface area contributed by atoms with Gasteiger partial charge in [-0.2, -0.15) is 0 Å². The first-order chi connectivity index (χ1) is 7.88. The van der Waals surface area contributed by atoms with Crippen molar-refractivity contribution in [2.24, 2.45) is 4.99 Å². The number of aliphatic imine (C=N–C) groups is 1. The normalized spacial score (nSPS) is 8.31. The van der Waals surface area contributed by atoms with E-state index >= 15 is 0 Å². The van der Waals surface area contributed by atoms with Crippen LogP contribution in [-0.4, -0.2) is 13.1 Å². The van der Waals surface area contributed by atoms with Crippen molar-refractivity contribution in [1.29, 1.82) is 0 Å². The molecule has 0 atom stereocenters. The summed E-state index contributed by atoms with van der Waals surface area (Å²) in [4.78, 5) is 11.8. The molecule has 0 saturated heterocycles. The quantitative estimate of drug-likeness (QED) is 0.525. The monoisotopic (exact) mass is 211 g/mol. The standard InChI is InChI=1S/C12H10.C2H3NO/c1-3-7-11(8-4-1)12-9-5-2-6-10-12;1-3-2-4/h1-10H;1H3. The molecule has 0 aliphatic heterocycles. The maximum Gasteiger partial charge on any atom is 0.234 e. The Morgan fingerprint density at radius 3 is 1.38 bits per heavy atom. The Morgan fingerprint density at radius 2 is 1.12 bits per heavy atom. The smallest absolute Gasteiger partial charge is 0.211 e. The van der Waals surface area contributed by atoms with Gasteiger partial charge in [-0.05, 0) is 11.1 Å². The molecular weight excluding hydrogens is 198 g/mol. The van der Waals surface area contributed by atoms with Crippen LogP contribution in [0.25, 0.3) is 11.1 Å². The molecule has 2 nitrogen and oxygen atoms in total. The van der Waals surface area contributed by atoms with E-state index in [1.807, 2.05) is 12.1 Å². The molecule has 0 aromatic heterocycles. The second kappa shape index (κ2) is 7.16. The summed E-state index contributed by atoms with van der Waals surface area (Å²) in [5, 5.41) is 0. The van der Waals surface area contributed by atoms with Crippen LogP contribution in [0.5, 0.6) is 0 Å². The summed E-state index contributed by atoms with van der Waals surface area (Å²) in [7, 11) is 1.38. The van der Waals surface area contributed by atoms with E-state index in [2.05, 4.69) is 53.5 Å². The van der Waals surface area contributed by atoms with Crippen LogP contribution in [0.1, 0.15) is 0 Å². The van der Waals surface area contributed by atoms with Gasteiger partial charge in [-0.25, -0.2) is 9.79 Å². The molecular formula is C14H13NO. The molecule has 0 amide bonds. The summed E-state index contributed by atoms with van der Waals surface area (Å²) in [6.07, 6.45) is 1.31. The summed E-state index contributed by atoms with van der Waals surface area (Å²) in [6, 6.07) is 20.8. The lowest BCUT2D eigenvalue weighted by Gasteiger charge is -1.98. The lowest BCUT2D eigenvalue weighted by atomic mass is 10.1. The van der Waals surface area contributed by atoms with E-state index in [0.29, 0.717) is 0 Å². The van der Waals surface area contributed by atoms with Gasteiger partial charge in [0.25, 0.3) is 0 Å². The molecule has 0 aliphatic rings. The molecule has 2 aromatic rings. The molecule has 0 N–H and O–H groups in total. The zero-order valence-electron chi connectivity index (χ0n) is 9.13. The average molecular weight is 211 g/mol. The van der Waals surface area contributed by atoms with Crippen molar-refractivity contribution >= 4 is 6.08 Å². The van der Waals surface area contributed by atoms with E-state index in [-0.39, 0.29) is 0 Å². The Balaban J connectivity index is 0.000000280. The fourth-order valence-corrected chi connectivity index (χ4v) is 1.26. The molecule has 2 rings (SSSR count). The molecule has 0 fully saturated rings. The Morgan fingerprint density at radius 1 is 0.812 bits per heavy atom. The zero-order valence-corrected chi connectivity index (χ0v) is 9.13. The molecule has 0 aliphatic carbocycles. The minimum atomic E-state index is 1.28. The van der Waals surface area contributed by atoms with Gasteiger partial charge in [-0.3, -0.25) is 0 Å². The summed E-state index contributed by atoms with van der Waals surface area (Å²) >= 11 is 0. The average Bonchev–Trinajstić information content (AvgIpc) is 2.41. The molecule has 0 radical (unpaired) electrons. The maximum atomic E-state index is 8.88. The molecule has 0 saturated carbocycles. The Kier molecular flexibility index (Phi) is 5.32. The molecule has 0 heterocycles. The highest BCUT2D eigenvalue weighted by Gasteiger charge is 1.91. The first-order valence-electron chi connectivity index (χ1n) is 4.95. The third kappa shape index (κ3) is 3.91. The van der Waals surface area contributed by atoms with E-state index in [1.54, 1.807) is 0 Å². The molecule has 0 bridgehead atoms. The molecule has 16 heavy (non-hydrogen) atoms. The van der Waals surface area contributed by atoms with Gasteiger partial charge in [0.15, 0.2) is 0 Å². The van der Waals surface area contributed by atoms with Gasteiger partial charge >= 0.3 is 0 Å². The second-order valence-electron chi connectivity index (χ2n) is 3.05.